The number of rotatable bonds is 6. The van der Waals surface area contributed by atoms with Gasteiger partial charge in [-0.2, -0.15) is 0 Å². The molecule has 0 spiro atoms. The Morgan fingerprint density at radius 2 is 2.27 bits per heavy atom. The highest BCUT2D eigenvalue weighted by Crippen LogP contribution is 2.45. The molecule has 82 valence electrons. The molecule has 0 aliphatic heterocycles. The normalized spacial score (nSPS) is 28.7. The van der Waals surface area contributed by atoms with Crippen LogP contribution in [0.15, 0.2) is 36.5 Å². The molecule has 0 heteroatoms. The van der Waals surface area contributed by atoms with E-state index in [1.54, 1.807) is 5.57 Å². The molecule has 1 saturated carbocycles. The second-order valence-electron chi connectivity index (χ2n) is 4.92. The van der Waals surface area contributed by atoms with Gasteiger partial charge in [0.05, 0.1) is 0 Å². The van der Waals surface area contributed by atoms with Crippen LogP contribution in [0.2, 0.25) is 0 Å². The molecule has 15 heavy (non-hydrogen) atoms. The fourth-order valence-corrected chi connectivity index (χ4v) is 3.01. The smallest absolute Gasteiger partial charge is 0.0197 e. The Labute approximate surface area is 93.8 Å². The first-order valence-electron chi connectivity index (χ1n) is 6.38. The quantitative estimate of drug-likeness (QED) is 0.334. The number of hydrogen-bond donors (Lipinski definition) is 0. The maximum atomic E-state index is 3.67. The average molecular weight is 202 g/mol. The van der Waals surface area contributed by atoms with Crippen LogP contribution in [-0.4, -0.2) is 0 Å². The predicted molar refractivity (Wildman–Crippen MR) is 66.7 cm³/mol. The molecule has 0 saturated heterocycles. The highest BCUT2D eigenvalue weighted by Gasteiger charge is 2.31. The Kier molecular flexibility index (Phi) is 3.82. The van der Waals surface area contributed by atoms with Gasteiger partial charge in [0.25, 0.3) is 0 Å². The van der Waals surface area contributed by atoms with Crippen molar-refractivity contribution in [3.8, 4) is 0 Å². The van der Waals surface area contributed by atoms with Crippen LogP contribution >= 0.6 is 0 Å². The van der Waals surface area contributed by atoms with Gasteiger partial charge in [0.2, 0.25) is 0 Å². The van der Waals surface area contributed by atoms with Crippen molar-refractivity contribution in [2.75, 3.05) is 0 Å². The molecule has 2 rings (SSSR count). The Hall–Kier alpha value is -0.780. The highest BCUT2D eigenvalue weighted by molar-refractivity contribution is 5.19. The van der Waals surface area contributed by atoms with Gasteiger partial charge in [0.1, 0.15) is 0 Å². The van der Waals surface area contributed by atoms with Crippen molar-refractivity contribution in [1.29, 1.82) is 0 Å². The summed E-state index contributed by atoms with van der Waals surface area (Å²) in [4.78, 5) is 0. The molecule has 0 nitrogen and oxygen atoms in total. The molecule has 2 aliphatic carbocycles. The molecule has 0 aromatic heterocycles. The summed E-state index contributed by atoms with van der Waals surface area (Å²) in [5, 5.41) is 0. The van der Waals surface area contributed by atoms with E-state index in [4.69, 9.17) is 0 Å². The number of allylic oxidation sites excluding steroid dienone is 5. The molecule has 0 radical (unpaired) electrons. The molecule has 0 heterocycles. The van der Waals surface area contributed by atoms with Gasteiger partial charge < -0.3 is 0 Å². The Balaban J connectivity index is 1.61. The van der Waals surface area contributed by atoms with Crippen molar-refractivity contribution in [3.05, 3.63) is 36.5 Å². The second kappa shape index (κ2) is 5.34. The lowest BCUT2D eigenvalue weighted by Crippen LogP contribution is -1.96. The summed E-state index contributed by atoms with van der Waals surface area (Å²) in [5.41, 5.74) is 1.79. The van der Waals surface area contributed by atoms with E-state index in [9.17, 15) is 0 Å². The van der Waals surface area contributed by atoms with Crippen LogP contribution in [0, 0.1) is 11.8 Å². The van der Waals surface area contributed by atoms with E-state index in [0.717, 1.165) is 11.8 Å². The summed E-state index contributed by atoms with van der Waals surface area (Å²) in [7, 11) is 0. The first-order chi connectivity index (χ1) is 7.40. The molecule has 2 unspecified atom stereocenters. The van der Waals surface area contributed by atoms with E-state index in [-0.39, 0.29) is 0 Å². The zero-order valence-electron chi connectivity index (χ0n) is 9.62. The minimum atomic E-state index is 0.964. The lowest BCUT2D eigenvalue weighted by molar-refractivity contribution is 0.603. The summed E-state index contributed by atoms with van der Waals surface area (Å²) >= 11 is 0. The predicted octanol–water partition coefficient (Wildman–Crippen LogP) is 4.65. The SMILES string of the molecule is C=CC=CCCCCC1=CC2CCC1C2. The second-order valence-corrected chi connectivity index (χ2v) is 4.92. The third kappa shape index (κ3) is 2.84. The van der Waals surface area contributed by atoms with Crippen molar-refractivity contribution in [2.45, 2.75) is 44.9 Å². The van der Waals surface area contributed by atoms with E-state index in [2.05, 4.69) is 24.8 Å². The van der Waals surface area contributed by atoms with Crippen LogP contribution < -0.4 is 0 Å². The van der Waals surface area contributed by atoms with Crippen LogP contribution in [0.1, 0.15) is 44.9 Å². The molecule has 2 aliphatic rings. The number of fused-ring (bicyclic) bond motifs is 2. The summed E-state index contributed by atoms with van der Waals surface area (Å²) in [5.74, 6) is 1.95. The van der Waals surface area contributed by atoms with Gasteiger partial charge in [-0.1, -0.05) is 36.5 Å². The lowest BCUT2D eigenvalue weighted by atomic mass is 9.94. The van der Waals surface area contributed by atoms with Gasteiger partial charge in [-0.05, 0) is 56.8 Å². The molecule has 0 aromatic rings. The van der Waals surface area contributed by atoms with E-state index >= 15 is 0 Å². The van der Waals surface area contributed by atoms with E-state index in [0.29, 0.717) is 0 Å². The van der Waals surface area contributed by atoms with E-state index in [1.165, 1.54) is 44.9 Å². The Bertz CT molecular complexity index is 270. The molecular weight excluding hydrogens is 180 g/mol. The Morgan fingerprint density at radius 1 is 1.33 bits per heavy atom. The highest BCUT2D eigenvalue weighted by atomic mass is 14.4. The van der Waals surface area contributed by atoms with E-state index in [1.807, 2.05) is 6.08 Å². The first-order valence-corrected chi connectivity index (χ1v) is 6.38. The van der Waals surface area contributed by atoms with Gasteiger partial charge in [0, 0.05) is 0 Å². The topological polar surface area (TPSA) is 0 Å². The van der Waals surface area contributed by atoms with Gasteiger partial charge in [-0.3, -0.25) is 0 Å². The minimum Gasteiger partial charge on any atom is -0.0991 e. The average Bonchev–Trinajstić information content (AvgIpc) is 2.85. The van der Waals surface area contributed by atoms with Crippen molar-refractivity contribution < 1.29 is 0 Å². The van der Waals surface area contributed by atoms with Gasteiger partial charge >= 0.3 is 0 Å². The van der Waals surface area contributed by atoms with Crippen LogP contribution in [-0.2, 0) is 0 Å². The molecule has 1 fully saturated rings. The van der Waals surface area contributed by atoms with Gasteiger partial charge in [0.15, 0.2) is 0 Å². The van der Waals surface area contributed by atoms with Gasteiger partial charge in [-0.25, -0.2) is 0 Å². The van der Waals surface area contributed by atoms with Crippen LogP contribution in [0.3, 0.4) is 0 Å². The minimum absolute atomic E-state index is 0.964. The third-order valence-corrected chi connectivity index (χ3v) is 3.81. The zero-order valence-corrected chi connectivity index (χ0v) is 9.62. The molecular formula is C15H22. The number of unbranched alkanes of at least 4 members (excludes halogenated alkanes) is 2. The standard InChI is InChI=1S/C15H22/c1-2-3-4-5-6-7-8-14-11-13-9-10-15(14)12-13/h2-4,11,13,15H,1,5-10,12H2. The van der Waals surface area contributed by atoms with Crippen molar-refractivity contribution in [3.63, 3.8) is 0 Å². The van der Waals surface area contributed by atoms with E-state index < -0.39 is 0 Å². The summed E-state index contributed by atoms with van der Waals surface area (Å²) < 4.78 is 0. The molecule has 0 N–H and O–H groups in total. The van der Waals surface area contributed by atoms with Crippen molar-refractivity contribution in [1.82, 2.24) is 0 Å². The summed E-state index contributed by atoms with van der Waals surface area (Å²) in [6.07, 6.45) is 18.4. The van der Waals surface area contributed by atoms with Crippen LogP contribution in [0.5, 0.6) is 0 Å². The lowest BCUT2D eigenvalue weighted by Gasteiger charge is -2.12. The van der Waals surface area contributed by atoms with Gasteiger partial charge in [-0.15, -0.1) is 0 Å². The fourth-order valence-electron chi connectivity index (χ4n) is 3.01. The monoisotopic (exact) mass is 202 g/mol. The molecule has 2 bridgehead atoms. The van der Waals surface area contributed by atoms with Crippen molar-refractivity contribution >= 4 is 0 Å². The zero-order chi connectivity index (χ0) is 10.5. The maximum absolute atomic E-state index is 3.67. The first kappa shape index (κ1) is 10.7. The molecule has 0 amide bonds. The van der Waals surface area contributed by atoms with Crippen molar-refractivity contribution in [2.24, 2.45) is 11.8 Å². The summed E-state index contributed by atoms with van der Waals surface area (Å²) in [6, 6.07) is 0. The summed E-state index contributed by atoms with van der Waals surface area (Å²) in [6.45, 7) is 3.67. The maximum Gasteiger partial charge on any atom is -0.0197 e. The largest absolute Gasteiger partial charge is 0.0991 e. The van der Waals surface area contributed by atoms with Crippen LogP contribution in [0.4, 0.5) is 0 Å². The molecule has 2 atom stereocenters. The number of hydrogen-bond acceptors (Lipinski definition) is 0. The van der Waals surface area contributed by atoms with Crippen LogP contribution in [0.25, 0.3) is 0 Å². The fraction of sp³-hybridized carbons (Fsp3) is 0.600. The third-order valence-electron chi connectivity index (χ3n) is 3.81. The Morgan fingerprint density at radius 3 is 2.93 bits per heavy atom. The molecule has 0 aromatic carbocycles.